The number of aromatic amines is 1. The molecule has 2 rings (SSSR count). The third-order valence-corrected chi connectivity index (χ3v) is 3.41. The van der Waals surface area contributed by atoms with Gasteiger partial charge in [0.2, 0.25) is 5.91 Å². The van der Waals surface area contributed by atoms with Crippen LogP contribution in [0.25, 0.3) is 10.9 Å². The van der Waals surface area contributed by atoms with Gasteiger partial charge in [0.05, 0.1) is 6.61 Å². The van der Waals surface area contributed by atoms with Gasteiger partial charge in [-0.25, -0.2) is 4.79 Å². The van der Waals surface area contributed by atoms with Crippen molar-refractivity contribution in [3.63, 3.8) is 0 Å². The van der Waals surface area contributed by atoms with E-state index in [0.717, 1.165) is 16.5 Å². The molecule has 0 saturated heterocycles. The molecule has 3 N–H and O–H groups in total. The fourth-order valence-electron chi connectivity index (χ4n) is 2.43. The number of H-pyrrole nitrogens is 1. The average molecular weight is 317 g/mol. The lowest BCUT2D eigenvalue weighted by Gasteiger charge is -2.19. The molecule has 1 aromatic carbocycles. The normalized spacial score (nSPS) is 12.2. The van der Waals surface area contributed by atoms with E-state index >= 15 is 0 Å². The summed E-state index contributed by atoms with van der Waals surface area (Å²) in [5, 5.41) is 6.51. The van der Waals surface area contributed by atoms with E-state index in [1.807, 2.05) is 44.3 Å². The molecule has 0 bridgehead atoms. The predicted octanol–water partition coefficient (Wildman–Crippen LogP) is 2.35. The molecule has 0 spiro atoms. The van der Waals surface area contributed by atoms with Gasteiger partial charge in [-0.05, 0) is 32.4 Å². The Kier molecular flexibility index (Phi) is 5.62. The summed E-state index contributed by atoms with van der Waals surface area (Å²) in [5.74, 6) is -0.224. The minimum Gasteiger partial charge on any atom is -0.450 e. The van der Waals surface area contributed by atoms with Gasteiger partial charge in [0, 0.05) is 29.6 Å². The Bertz CT molecular complexity index is 679. The number of nitrogens with one attached hydrogen (secondary N) is 3. The van der Waals surface area contributed by atoms with E-state index < -0.39 is 12.1 Å². The van der Waals surface area contributed by atoms with Crippen LogP contribution < -0.4 is 10.6 Å². The van der Waals surface area contributed by atoms with Crippen LogP contribution in [0.3, 0.4) is 0 Å². The number of para-hydroxylation sites is 1. The number of hydrogen-bond acceptors (Lipinski definition) is 3. The van der Waals surface area contributed by atoms with Crippen LogP contribution in [-0.4, -0.2) is 35.7 Å². The van der Waals surface area contributed by atoms with E-state index in [4.69, 9.17) is 4.74 Å². The first-order chi connectivity index (χ1) is 11.0. The van der Waals surface area contributed by atoms with Crippen LogP contribution in [0.4, 0.5) is 4.79 Å². The van der Waals surface area contributed by atoms with Crippen LogP contribution in [-0.2, 0) is 16.0 Å². The van der Waals surface area contributed by atoms with Gasteiger partial charge in [0.1, 0.15) is 6.04 Å². The molecule has 1 atom stereocenters. The largest absolute Gasteiger partial charge is 0.450 e. The lowest BCUT2D eigenvalue weighted by molar-refractivity contribution is -0.123. The second-order valence-electron chi connectivity index (χ2n) is 5.64. The van der Waals surface area contributed by atoms with Gasteiger partial charge in [0.25, 0.3) is 0 Å². The Morgan fingerprint density at radius 3 is 2.65 bits per heavy atom. The third kappa shape index (κ3) is 4.48. The van der Waals surface area contributed by atoms with Crippen molar-refractivity contribution in [1.82, 2.24) is 15.6 Å². The molecule has 6 heteroatoms. The maximum absolute atomic E-state index is 12.4. The number of benzene rings is 1. The van der Waals surface area contributed by atoms with E-state index in [2.05, 4.69) is 15.6 Å². The summed E-state index contributed by atoms with van der Waals surface area (Å²) in [6, 6.07) is 7.17. The molecular weight excluding hydrogens is 294 g/mol. The van der Waals surface area contributed by atoms with Crippen molar-refractivity contribution in [2.24, 2.45) is 0 Å². The van der Waals surface area contributed by atoms with E-state index in [9.17, 15) is 9.59 Å². The van der Waals surface area contributed by atoms with Gasteiger partial charge in [-0.2, -0.15) is 0 Å². The molecule has 0 aliphatic carbocycles. The van der Waals surface area contributed by atoms with Crippen LogP contribution in [0, 0.1) is 0 Å². The molecule has 0 fully saturated rings. The molecular formula is C17H23N3O3. The summed E-state index contributed by atoms with van der Waals surface area (Å²) in [5.41, 5.74) is 1.97. The Morgan fingerprint density at radius 2 is 1.96 bits per heavy atom. The number of alkyl carbamates (subject to hydrolysis) is 1. The molecule has 2 amide bonds. The third-order valence-electron chi connectivity index (χ3n) is 3.41. The van der Waals surface area contributed by atoms with Crippen LogP contribution in [0.15, 0.2) is 30.5 Å². The van der Waals surface area contributed by atoms with Crippen LogP contribution in [0.5, 0.6) is 0 Å². The highest BCUT2D eigenvalue weighted by Gasteiger charge is 2.23. The molecule has 0 unspecified atom stereocenters. The number of hydrogen-bond donors (Lipinski definition) is 3. The topological polar surface area (TPSA) is 83.2 Å². The standard InChI is InChI=1S/C17H23N3O3/c1-4-23-17(22)20-15(16(21)19-11(2)3)9-12-10-18-14-8-6-5-7-13(12)14/h5-8,10-11,15,18H,4,9H2,1-3H3,(H,19,21)(H,20,22)/t15-/m0/s1. The maximum Gasteiger partial charge on any atom is 0.407 e. The van der Waals surface area contributed by atoms with Gasteiger partial charge >= 0.3 is 6.09 Å². The highest BCUT2D eigenvalue weighted by atomic mass is 16.5. The van der Waals surface area contributed by atoms with Crippen molar-refractivity contribution >= 4 is 22.9 Å². The fourth-order valence-corrected chi connectivity index (χ4v) is 2.43. The number of ether oxygens (including phenoxy) is 1. The second-order valence-corrected chi connectivity index (χ2v) is 5.64. The van der Waals surface area contributed by atoms with Crippen LogP contribution >= 0.6 is 0 Å². The lowest BCUT2D eigenvalue weighted by Crippen LogP contribution is -2.49. The number of carbonyl (C=O) groups is 2. The monoisotopic (exact) mass is 317 g/mol. The van der Waals surface area contributed by atoms with Crippen molar-refractivity contribution in [1.29, 1.82) is 0 Å². The van der Waals surface area contributed by atoms with Crippen LogP contribution in [0.1, 0.15) is 26.3 Å². The number of fused-ring (bicyclic) bond motifs is 1. The Labute approximate surface area is 135 Å². The second kappa shape index (κ2) is 7.67. The molecule has 0 aliphatic heterocycles. The molecule has 124 valence electrons. The summed E-state index contributed by atoms with van der Waals surface area (Å²) < 4.78 is 4.90. The van der Waals surface area contributed by atoms with Crippen molar-refractivity contribution in [2.75, 3.05) is 6.61 Å². The van der Waals surface area contributed by atoms with Crippen molar-refractivity contribution in [2.45, 2.75) is 39.3 Å². The van der Waals surface area contributed by atoms with E-state index in [0.29, 0.717) is 6.42 Å². The number of rotatable bonds is 6. The highest BCUT2D eigenvalue weighted by Crippen LogP contribution is 2.19. The maximum atomic E-state index is 12.4. The number of aromatic nitrogens is 1. The summed E-state index contributed by atoms with van der Waals surface area (Å²) in [4.78, 5) is 27.3. The molecule has 1 aromatic heterocycles. The highest BCUT2D eigenvalue weighted by molar-refractivity contribution is 5.88. The summed E-state index contributed by atoms with van der Waals surface area (Å²) in [6.07, 6.45) is 1.67. The zero-order valence-electron chi connectivity index (χ0n) is 13.7. The molecule has 0 aliphatic rings. The van der Waals surface area contributed by atoms with Gasteiger partial charge < -0.3 is 20.4 Å². The molecule has 23 heavy (non-hydrogen) atoms. The first kappa shape index (κ1) is 16.9. The first-order valence-corrected chi connectivity index (χ1v) is 7.80. The summed E-state index contributed by atoms with van der Waals surface area (Å²) in [7, 11) is 0. The first-order valence-electron chi connectivity index (χ1n) is 7.80. The Morgan fingerprint density at radius 1 is 1.22 bits per heavy atom. The van der Waals surface area contributed by atoms with E-state index in [-0.39, 0.29) is 18.6 Å². The van der Waals surface area contributed by atoms with Crippen molar-refractivity contribution in [3.05, 3.63) is 36.0 Å². The zero-order valence-corrected chi connectivity index (χ0v) is 13.7. The fraction of sp³-hybridized carbons (Fsp3) is 0.412. The molecule has 6 nitrogen and oxygen atoms in total. The minimum atomic E-state index is -0.685. The molecule has 1 heterocycles. The van der Waals surface area contributed by atoms with Crippen molar-refractivity contribution < 1.29 is 14.3 Å². The van der Waals surface area contributed by atoms with Gasteiger partial charge in [-0.15, -0.1) is 0 Å². The van der Waals surface area contributed by atoms with Gasteiger partial charge in [0.15, 0.2) is 0 Å². The molecule has 0 radical (unpaired) electrons. The van der Waals surface area contributed by atoms with Crippen molar-refractivity contribution in [3.8, 4) is 0 Å². The van der Waals surface area contributed by atoms with E-state index in [1.165, 1.54) is 0 Å². The number of amides is 2. The summed E-state index contributed by atoms with van der Waals surface area (Å²) in [6.45, 7) is 5.75. The quantitative estimate of drug-likeness (QED) is 0.765. The van der Waals surface area contributed by atoms with Gasteiger partial charge in [-0.3, -0.25) is 4.79 Å². The Hall–Kier alpha value is -2.50. The van der Waals surface area contributed by atoms with Crippen LogP contribution in [0.2, 0.25) is 0 Å². The lowest BCUT2D eigenvalue weighted by atomic mass is 10.0. The summed E-state index contributed by atoms with van der Waals surface area (Å²) >= 11 is 0. The van der Waals surface area contributed by atoms with E-state index in [1.54, 1.807) is 6.92 Å². The average Bonchev–Trinajstić information content (AvgIpc) is 2.89. The molecule has 0 saturated carbocycles. The SMILES string of the molecule is CCOC(=O)N[C@@H](Cc1c[nH]c2ccccc12)C(=O)NC(C)C. The number of carbonyl (C=O) groups excluding carboxylic acids is 2. The smallest absolute Gasteiger partial charge is 0.407 e. The zero-order chi connectivity index (χ0) is 16.8. The molecule has 2 aromatic rings. The predicted molar refractivity (Wildman–Crippen MR) is 89.2 cm³/mol. The Balaban J connectivity index is 2.19. The van der Waals surface area contributed by atoms with Gasteiger partial charge in [-0.1, -0.05) is 18.2 Å². The minimum absolute atomic E-state index is 0.00281.